The van der Waals surface area contributed by atoms with Gasteiger partial charge in [-0.2, -0.15) is 0 Å². The van der Waals surface area contributed by atoms with Crippen molar-refractivity contribution in [2.75, 3.05) is 18.0 Å². The van der Waals surface area contributed by atoms with Gasteiger partial charge in [-0.05, 0) is 65.2 Å². The van der Waals surface area contributed by atoms with E-state index in [4.69, 9.17) is 0 Å². The summed E-state index contributed by atoms with van der Waals surface area (Å²) in [4.78, 5) is 2.44. The first-order chi connectivity index (χ1) is 9.97. The van der Waals surface area contributed by atoms with Gasteiger partial charge in [-0.3, -0.25) is 0 Å². The zero-order chi connectivity index (χ0) is 15.1. The van der Waals surface area contributed by atoms with E-state index in [0.29, 0.717) is 22.5 Å². The molecule has 2 fully saturated rings. The summed E-state index contributed by atoms with van der Waals surface area (Å²) in [6.45, 7) is 8.57. The third-order valence-electron chi connectivity index (χ3n) is 4.89. The first kappa shape index (κ1) is 15.3. The summed E-state index contributed by atoms with van der Waals surface area (Å²) in [7, 11) is 0. The number of rotatable bonds is 3. The van der Waals surface area contributed by atoms with Gasteiger partial charge in [-0.15, -0.1) is 0 Å². The molecule has 0 bridgehead atoms. The van der Waals surface area contributed by atoms with Crippen molar-refractivity contribution in [3.8, 4) is 0 Å². The van der Waals surface area contributed by atoms with E-state index in [2.05, 4.69) is 46.9 Å². The van der Waals surface area contributed by atoms with Crippen LogP contribution < -0.4 is 10.2 Å². The van der Waals surface area contributed by atoms with Gasteiger partial charge in [0.15, 0.2) is 0 Å². The number of aryl methyl sites for hydroxylation is 1. The largest absolute Gasteiger partial charge is 0.365 e. The third kappa shape index (κ3) is 3.11. The van der Waals surface area contributed by atoms with Crippen LogP contribution >= 0.6 is 15.9 Å². The molecule has 2 nitrogen and oxygen atoms in total. The van der Waals surface area contributed by atoms with Crippen molar-refractivity contribution in [2.24, 2.45) is 11.8 Å². The summed E-state index contributed by atoms with van der Waals surface area (Å²) in [5, 5.41) is 3.71. The number of anilines is 1. The van der Waals surface area contributed by atoms with Gasteiger partial charge in [-0.25, -0.2) is 4.39 Å². The highest BCUT2D eigenvalue weighted by Gasteiger charge is 2.38. The van der Waals surface area contributed by atoms with E-state index in [-0.39, 0.29) is 5.82 Å². The average molecular weight is 355 g/mol. The Hall–Kier alpha value is -0.610. The SMILES string of the molecule is Cc1cc(Br)c(F)cc1N1CC(C2CC2)NCC1C(C)C. The van der Waals surface area contributed by atoms with Crippen LogP contribution in [-0.4, -0.2) is 25.2 Å². The Bertz CT molecular complexity index is 528. The van der Waals surface area contributed by atoms with Gasteiger partial charge >= 0.3 is 0 Å². The maximum Gasteiger partial charge on any atom is 0.139 e. The lowest BCUT2D eigenvalue weighted by atomic mass is 9.95. The Morgan fingerprint density at radius 3 is 2.67 bits per heavy atom. The van der Waals surface area contributed by atoms with Crippen LogP contribution in [0.3, 0.4) is 0 Å². The number of piperazine rings is 1. The van der Waals surface area contributed by atoms with Gasteiger partial charge in [-0.1, -0.05) is 13.8 Å². The molecular formula is C17H24BrFN2. The average Bonchev–Trinajstić information content (AvgIpc) is 3.26. The van der Waals surface area contributed by atoms with Crippen molar-refractivity contribution in [3.63, 3.8) is 0 Å². The molecule has 1 aliphatic heterocycles. The lowest BCUT2D eigenvalue weighted by molar-refractivity contribution is 0.319. The second-order valence-corrected chi connectivity index (χ2v) is 7.72. The van der Waals surface area contributed by atoms with Crippen LogP contribution in [0.2, 0.25) is 0 Å². The minimum absolute atomic E-state index is 0.167. The van der Waals surface area contributed by atoms with Crippen LogP contribution in [0.25, 0.3) is 0 Å². The van der Waals surface area contributed by atoms with E-state index in [9.17, 15) is 4.39 Å². The van der Waals surface area contributed by atoms with Crippen LogP contribution in [0.15, 0.2) is 16.6 Å². The summed E-state index contributed by atoms with van der Waals surface area (Å²) in [5.74, 6) is 1.20. The molecule has 1 N–H and O–H groups in total. The Balaban J connectivity index is 1.92. The van der Waals surface area contributed by atoms with Crippen molar-refractivity contribution < 1.29 is 4.39 Å². The number of nitrogens with zero attached hydrogens (tertiary/aromatic N) is 1. The van der Waals surface area contributed by atoms with E-state index in [1.165, 1.54) is 12.8 Å². The topological polar surface area (TPSA) is 15.3 Å². The summed E-state index contributed by atoms with van der Waals surface area (Å²) < 4.78 is 14.6. The Morgan fingerprint density at radius 2 is 2.05 bits per heavy atom. The predicted octanol–water partition coefficient (Wildman–Crippen LogP) is 4.11. The molecule has 0 amide bonds. The normalized spacial score (nSPS) is 26.5. The monoisotopic (exact) mass is 354 g/mol. The molecule has 2 unspecified atom stereocenters. The molecular weight excluding hydrogens is 331 g/mol. The third-order valence-corrected chi connectivity index (χ3v) is 5.50. The van der Waals surface area contributed by atoms with Crippen molar-refractivity contribution in [2.45, 2.75) is 45.7 Å². The molecule has 116 valence electrons. The molecule has 2 aliphatic rings. The van der Waals surface area contributed by atoms with Crippen LogP contribution in [0, 0.1) is 24.6 Å². The quantitative estimate of drug-likeness (QED) is 0.878. The molecule has 1 saturated carbocycles. The zero-order valence-corrected chi connectivity index (χ0v) is 14.6. The lowest BCUT2D eigenvalue weighted by Gasteiger charge is -2.44. The first-order valence-electron chi connectivity index (χ1n) is 7.93. The smallest absolute Gasteiger partial charge is 0.139 e. The second kappa shape index (κ2) is 5.88. The number of hydrogen-bond donors (Lipinski definition) is 1. The first-order valence-corrected chi connectivity index (χ1v) is 8.72. The molecule has 1 aromatic rings. The molecule has 3 rings (SSSR count). The Morgan fingerprint density at radius 1 is 1.33 bits per heavy atom. The Labute approximate surface area is 135 Å². The highest BCUT2D eigenvalue weighted by atomic mass is 79.9. The standard InChI is InChI=1S/C17H24BrFN2/c1-10(2)17-8-20-15(12-4-5-12)9-21(17)16-7-14(19)13(18)6-11(16)3/h6-7,10,12,15,17,20H,4-5,8-9H2,1-3H3. The number of benzene rings is 1. The molecule has 0 radical (unpaired) electrons. The Kier molecular flexibility index (Phi) is 4.28. The maximum absolute atomic E-state index is 14.0. The van der Waals surface area contributed by atoms with E-state index >= 15 is 0 Å². The van der Waals surface area contributed by atoms with Crippen LogP contribution in [0.4, 0.5) is 10.1 Å². The van der Waals surface area contributed by atoms with Gasteiger partial charge in [0, 0.05) is 30.9 Å². The van der Waals surface area contributed by atoms with E-state index < -0.39 is 0 Å². The van der Waals surface area contributed by atoms with E-state index in [1.54, 1.807) is 6.07 Å². The van der Waals surface area contributed by atoms with E-state index in [1.807, 2.05) is 6.07 Å². The fraction of sp³-hybridized carbons (Fsp3) is 0.647. The number of halogens is 2. The van der Waals surface area contributed by atoms with E-state index in [0.717, 1.165) is 30.3 Å². The lowest BCUT2D eigenvalue weighted by Crippen LogP contribution is -2.59. The molecule has 1 saturated heterocycles. The zero-order valence-electron chi connectivity index (χ0n) is 13.0. The second-order valence-electron chi connectivity index (χ2n) is 6.87. The molecule has 1 aliphatic carbocycles. The molecule has 4 heteroatoms. The fourth-order valence-electron chi connectivity index (χ4n) is 3.43. The summed E-state index contributed by atoms with van der Waals surface area (Å²) in [6, 6.07) is 4.59. The van der Waals surface area contributed by atoms with Crippen molar-refractivity contribution in [1.29, 1.82) is 0 Å². The number of hydrogen-bond acceptors (Lipinski definition) is 2. The maximum atomic E-state index is 14.0. The summed E-state index contributed by atoms with van der Waals surface area (Å²) >= 11 is 3.29. The summed E-state index contributed by atoms with van der Waals surface area (Å²) in [5.41, 5.74) is 2.20. The van der Waals surface area contributed by atoms with Crippen molar-refractivity contribution >= 4 is 21.6 Å². The summed E-state index contributed by atoms with van der Waals surface area (Å²) in [6.07, 6.45) is 2.68. The van der Waals surface area contributed by atoms with Crippen LogP contribution in [0.1, 0.15) is 32.3 Å². The molecule has 0 spiro atoms. The minimum Gasteiger partial charge on any atom is -0.365 e. The van der Waals surface area contributed by atoms with Gasteiger partial charge in [0.1, 0.15) is 5.82 Å². The van der Waals surface area contributed by atoms with Crippen LogP contribution in [0.5, 0.6) is 0 Å². The molecule has 21 heavy (non-hydrogen) atoms. The highest BCUT2D eigenvalue weighted by molar-refractivity contribution is 9.10. The van der Waals surface area contributed by atoms with Crippen molar-refractivity contribution in [3.05, 3.63) is 28.0 Å². The van der Waals surface area contributed by atoms with Gasteiger partial charge < -0.3 is 10.2 Å². The minimum atomic E-state index is -0.167. The van der Waals surface area contributed by atoms with Crippen LogP contribution in [-0.2, 0) is 0 Å². The van der Waals surface area contributed by atoms with Gasteiger partial charge in [0.05, 0.1) is 4.47 Å². The highest BCUT2D eigenvalue weighted by Crippen LogP contribution is 2.37. The molecule has 1 aromatic carbocycles. The molecule has 0 aromatic heterocycles. The predicted molar refractivity (Wildman–Crippen MR) is 89.3 cm³/mol. The molecule has 2 atom stereocenters. The fourth-order valence-corrected chi connectivity index (χ4v) is 3.88. The van der Waals surface area contributed by atoms with Gasteiger partial charge in [0.2, 0.25) is 0 Å². The number of nitrogens with one attached hydrogen (secondary N) is 1. The van der Waals surface area contributed by atoms with Gasteiger partial charge in [0.25, 0.3) is 0 Å². The molecule has 1 heterocycles. The van der Waals surface area contributed by atoms with Crippen molar-refractivity contribution in [1.82, 2.24) is 5.32 Å².